The van der Waals surface area contributed by atoms with E-state index in [9.17, 15) is 13.2 Å². The third-order valence-corrected chi connectivity index (χ3v) is 1.88. The van der Waals surface area contributed by atoms with Gasteiger partial charge in [-0.3, -0.25) is 0 Å². The molecule has 0 aliphatic carbocycles. The van der Waals surface area contributed by atoms with E-state index in [1.807, 2.05) is 0 Å². The SMILES string of the molecule is FC(F)(F)c1cc(-n2cccn2)nc(Cl)n1. The highest BCUT2D eigenvalue weighted by atomic mass is 35.5. The van der Waals surface area contributed by atoms with Crippen LogP contribution in [0.25, 0.3) is 5.82 Å². The van der Waals surface area contributed by atoms with Crippen LogP contribution in [-0.4, -0.2) is 19.7 Å². The first-order chi connectivity index (χ1) is 7.47. The molecule has 0 bridgehead atoms. The van der Waals surface area contributed by atoms with Crippen LogP contribution in [0.4, 0.5) is 13.2 Å². The van der Waals surface area contributed by atoms with Gasteiger partial charge in [0, 0.05) is 18.5 Å². The number of rotatable bonds is 1. The van der Waals surface area contributed by atoms with Crippen molar-refractivity contribution in [3.05, 3.63) is 35.5 Å². The lowest BCUT2D eigenvalue weighted by Crippen LogP contribution is -2.11. The van der Waals surface area contributed by atoms with E-state index < -0.39 is 17.2 Å². The van der Waals surface area contributed by atoms with Gasteiger partial charge in [0.2, 0.25) is 5.28 Å². The van der Waals surface area contributed by atoms with Crippen LogP contribution in [0.1, 0.15) is 5.69 Å². The van der Waals surface area contributed by atoms with Crippen molar-refractivity contribution in [2.24, 2.45) is 0 Å². The Bertz CT molecular complexity index is 494. The van der Waals surface area contributed by atoms with E-state index in [-0.39, 0.29) is 5.82 Å². The second-order valence-corrected chi connectivity index (χ2v) is 3.17. The first kappa shape index (κ1) is 10.9. The maximum Gasteiger partial charge on any atom is 0.433 e. The molecule has 0 radical (unpaired) electrons. The third kappa shape index (κ3) is 2.13. The van der Waals surface area contributed by atoms with Crippen LogP contribution in [-0.2, 0) is 6.18 Å². The lowest BCUT2D eigenvalue weighted by atomic mass is 10.4. The standard InChI is InChI=1S/C8H4ClF3N4/c9-7-14-5(8(10,11)12)4-6(15-7)16-3-1-2-13-16/h1-4H. The van der Waals surface area contributed by atoms with Crippen molar-refractivity contribution >= 4 is 11.6 Å². The van der Waals surface area contributed by atoms with Gasteiger partial charge in [-0.05, 0) is 17.7 Å². The van der Waals surface area contributed by atoms with Gasteiger partial charge in [0.1, 0.15) is 0 Å². The van der Waals surface area contributed by atoms with E-state index in [2.05, 4.69) is 15.1 Å². The Morgan fingerprint density at radius 3 is 2.56 bits per heavy atom. The zero-order valence-electron chi connectivity index (χ0n) is 7.61. The van der Waals surface area contributed by atoms with Gasteiger partial charge in [0.25, 0.3) is 0 Å². The first-order valence-corrected chi connectivity index (χ1v) is 4.46. The summed E-state index contributed by atoms with van der Waals surface area (Å²) in [6.07, 6.45) is -1.68. The molecule has 0 saturated carbocycles. The Hall–Kier alpha value is -1.63. The molecule has 84 valence electrons. The summed E-state index contributed by atoms with van der Waals surface area (Å²) in [7, 11) is 0. The first-order valence-electron chi connectivity index (χ1n) is 4.08. The average molecular weight is 249 g/mol. The molecule has 2 heterocycles. The number of hydrogen-bond acceptors (Lipinski definition) is 3. The van der Waals surface area contributed by atoms with Crippen molar-refractivity contribution in [1.82, 2.24) is 19.7 Å². The predicted molar refractivity (Wildman–Crippen MR) is 49.2 cm³/mol. The maximum absolute atomic E-state index is 12.4. The number of hydrogen-bond donors (Lipinski definition) is 0. The summed E-state index contributed by atoms with van der Waals surface area (Å²) in [5.41, 5.74) is -1.10. The molecule has 0 aliphatic heterocycles. The molecule has 0 spiro atoms. The minimum atomic E-state index is -4.56. The van der Waals surface area contributed by atoms with Crippen LogP contribution in [0.2, 0.25) is 5.28 Å². The van der Waals surface area contributed by atoms with Crippen LogP contribution < -0.4 is 0 Å². The zero-order chi connectivity index (χ0) is 11.8. The molecule has 4 nitrogen and oxygen atoms in total. The smallest absolute Gasteiger partial charge is 0.223 e. The molecule has 0 N–H and O–H groups in total. The minimum Gasteiger partial charge on any atom is -0.223 e. The molecular weight excluding hydrogens is 245 g/mol. The molecule has 16 heavy (non-hydrogen) atoms. The summed E-state index contributed by atoms with van der Waals surface area (Å²) in [4.78, 5) is 6.75. The summed E-state index contributed by atoms with van der Waals surface area (Å²) in [5.74, 6) is -0.0303. The number of alkyl halides is 3. The van der Waals surface area contributed by atoms with E-state index in [4.69, 9.17) is 11.6 Å². The van der Waals surface area contributed by atoms with Gasteiger partial charge < -0.3 is 0 Å². The average Bonchev–Trinajstić information content (AvgIpc) is 2.68. The molecule has 0 unspecified atom stereocenters. The highest BCUT2D eigenvalue weighted by Gasteiger charge is 2.33. The molecule has 2 rings (SSSR count). The molecule has 0 amide bonds. The highest BCUT2D eigenvalue weighted by Crippen LogP contribution is 2.29. The Kier molecular flexibility index (Phi) is 2.55. The number of aromatic nitrogens is 4. The van der Waals surface area contributed by atoms with Crippen LogP contribution in [0.5, 0.6) is 0 Å². The second kappa shape index (κ2) is 3.75. The summed E-state index contributed by atoms with van der Waals surface area (Å²) >= 11 is 5.41. The Labute approximate surface area is 92.7 Å². The van der Waals surface area contributed by atoms with Crippen molar-refractivity contribution in [2.45, 2.75) is 6.18 Å². The Morgan fingerprint density at radius 2 is 2.00 bits per heavy atom. The van der Waals surface area contributed by atoms with E-state index in [0.29, 0.717) is 0 Å². The summed E-state index contributed by atoms with van der Waals surface area (Å²) < 4.78 is 38.4. The molecule has 0 aromatic carbocycles. The highest BCUT2D eigenvalue weighted by molar-refractivity contribution is 6.28. The van der Waals surface area contributed by atoms with Gasteiger partial charge in [0.05, 0.1) is 0 Å². The third-order valence-electron chi connectivity index (χ3n) is 1.71. The quantitative estimate of drug-likeness (QED) is 0.728. The lowest BCUT2D eigenvalue weighted by molar-refractivity contribution is -0.141. The van der Waals surface area contributed by atoms with E-state index in [1.165, 1.54) is 17.1 Å². The fourth-order valence-electron chi connectivity index (χ4n) is 1.07. The van der Waals surface area contributed by atoms with Crippen LogP contribution >= 0.6 is 11.6 Å². The second-order valence-electron chi connectivity index (χ2n) is 2.83. The summed E-state index contributed by atoms with van der Waals surface area (Å²) in [6.45, 7) is 0. The van der Waals surface area contributed by atoms with Gasteiger partial charge in [0.15, 0.2) is 11.5 Å². The predicted octanol–water partition coefficient (Wildman–Crippen LogP) is 2.33. The van der Waals surface area contributed by atoms with Crippen molar-refractivity contribution in [1.29, 1.82) is 0 Å². The van der Waals surface area contributed by atoms with E-state index in [1.54, 1.807) is 6.07 Å². The lowest BCUT2D eigenvalue weighted by Gasteiger charge is -2.07. The van der Waals surface area contributed by atoms with Gasteiger partial charge in [-0.25, -0.2) is 9.67 Å². The largest absolute Gasteiger partial charge is 0.433 e. The normalized spacial score (nSPS) is 11.8. The van der Waals surface area contributed by atoms with E-state index >= 15 is 0 Å². The topological polar surface area (TPSA) is 43.6 Å². The molecule has 2 aromatic rings. The van der Waals surface area contributed by atoms with Gasteiger partial charge >= 0.3 is 6.18 Å². The Balaban J connectivity index is 2.53. The minimum absolute atomic E-state index is 0.0303. The molecule has 2 aromatic heterocycles. The van der Waals surface area contributed by atoms with Gasteiger partial charge in [-0.15, -0.1) is 0 Å². The molecule has 0 aliphatic rings. The fourth-order valence-corrected chi connectivity index (χ4v) is 1.25. The van der Waals surface area contributed by atoms with Crippen molar-refractivity contribution in [2.75, 3.05) is 0 Å². The fraction of sp³-hybridized carbons (Fsp3) is 0.125. The Morgan fingerprint density at radius 1 is 1.25 bits per heavy atom. The van der Waals surface area contributed by atoms with Crippen molar-refractivity contribution < 1.29 is 13.2 Å². The molecule has 0 atom stereocenters. The molecular formula is C8H4ClF3N4. The molecule has 0 saturated heterocycles. The monoisotopic (exact) mass is 248 g/mol. The molecule has 8 heteroatoms. The molecule has 0 fully saturated rings. The van der Waals surface area contributed by atoms with Gasteiger partial charge in [-0.2, -0.15) is 23.3 Å². The van der Waals surface area contributed by atoms with Gasteiger partial charge in [-0.1, -0.05) is 0 Å². The van der Waals surface area contributed by atoms with Crippen molar-refractivity contribution in [3.63, 3.8) is 0 Å². The van der Waals surface area contributed by atoms with Crippen LogP contribution in [0.3, 0.4) is 0 Å². The number of nitrogens with zero attached hydrogens (tertiary/aromatic N) is 4. The van der Waals surface area contributed by atoms with Crippen LogP contribution in [0.15, 0.2) is 24.5 Å². The van der Waals surface area contributed by atoms with Crippen LogP contribution in [0, 0.1) is 0 Å². The summed E-state index contributed by atoms with van der Waals surface area (Å²) in [6, 6.07) is 2.34. The number of halogens is 4. The maximum atomic E-state index is 12.4. The van der Waals surface area contributed by atoms with Crippen molar-refractivity contribution in [3.8, 4) is 5.82 Å². The zero-order valence-corrected chi connectivity index (χ0v) is 8.37. The summed E-state index contributed by atoms with van der Waals surface area (Å²) in [5, 5.41) is 3.28. The van der Waals surface area contributed by atoms with E-state index in [0.717, 1.165) is 6.07 Å².